The predicted molar refractivity (Wildman–Crippen MR) is 170 cm³/mol. The van der Waals surface area contributed by atoms with E-state index < -0.39 is 36.2 Å². The first kappa shape index (κ1) is 34.7. The summed E-state index contributed by atoms with van der Waals surface area (Å²) < 4.78 is 6.07. The normalized spacial score (nSPS) is 20.4. The molecule has 1 saturated carbocycles. The lowest BCUT2D eigenvalue weighted by Crippen LogP contribution is -2.49. The van der Waals surface area contributed by atoms with Crippen LogP contribution < -0.4 is 16.4 Å². The third-order valence-corrected chi connectivity index (χ3v) is 7.94. The predicted octanol–water partition coefficient (Wildman–Crippen LogP) is 3.52. The van der Waals surface area contributed by atoms with Gasteiger partial charge in [-0.25, -0.2) is 9.78 Å². The van der Waals surface area contributed by atoms with Gasteiger partial charge in [-0.2, -0.15) is 0 Å². The lowest BCUT2D eigenvalue weighted by molar-refractivity contribution is -0.154. The molecule has 44 heavy (non-hydrogen) atoms. The number of nitrogens with zero attached hydrogens (tertiary/aromatic N) is 1. The van der Waals surface area contributed by atoms with Crippen molar-refractivity contribution in [2.75, 3.05) is 6.54 Å². The smallest absolute Gasteiger partial charge is 0.329 e. The first-order chi connectivity index (χ1) is 21.3. The highest BCUT2D eigenvalue weighted by Gasteiger charge is 2.38. The van der Waals surface area contributed by atoms with Crippen LogP contribution in [-0.4, -0.2) is 63.7 Å². The molecule has 1 fully saturated rings. The average molecular weight is 608 g/mol. The summed E-state index contributed by atoms with van der Waals surface area (Å²) in [5.41, 5.74) is 7.61. The Hall–Kier alpha value is -3.76. The lowest BCUT2D eigenvalue weighted by atomic mass is 9.90. The molecule has 1 aromatic carbocycles. The fraction of sp³-hybridized carbons (Fsp3) is 0.529. The van der Waals surface area contributed by atoms with Crippen molar-refractivity contribution < 1.29 is 24.2 Å². The van der Waals surface area contributed by atoms with Crippen molar-refractivity contribution in [1.29, 1.82) is 0 Å². The Morgan fingerprint density at radius 3 is 2.70 bits per heavy atom. The van der Waals surface area contributed by atoms with E-state index in [1.807, 2.05) is 49.4 Å². The number of hydrogen-bond acceptors (Lipinski definition) is 7. The molecule has 1 aliphatic rings. The third kappa shape index (κ3) is 12.1. The maximum absolute atomic E-state index is 13.4. The molecule has 0 saturated heterocycles. The van der Waals surface area contributed by atoms with Gasteiger partial charge in [0.1, 0.15) is 12.1 Å². The number of esters is 1. The summed E-state index contributed by atoms with van der Waals surface area (Å²) in [6.07, 6.45) is 16.1. The van der Waals surface area contributed by atoms with Crippen LogP contribution in [0.3, 0.4) is 0 Å². The van der Waals surface area contributed by atoms with Crippen molar-refractivity contribution in [3.8, 4) is 0 Å². The van der Waals surface area contributed by atoms with E-state index in [1.54, 1.807) is 13.1 Å². The molecule has 10 nitrogen and oxygen atoms in total. The van der Waals surface area contributed by atoms with Gasteiger partial charge in [0, 0.05) is 37.2 Å². The first-order valence-electron chi connectivity index (χ1n) is 15.8. The Balaban J connectivity index is 1.66. The number of aryl methyl sites for hydroxylation is 1. The third-order valence-electron chi connectivity index (χ3n) is 7.94. The second-order valence-electron chi connectivity index (χ2n) is 11.6. The van der Waals surface area contributed by atoms with Crippen LogP contribution in [0.25, 0.3) is 0 Å². The number of unbranched alkanes of at least 4 members (excludes halogenated alkanes) is 1. The highest BCUT2D eigenvalue weighted by molar-refractivity contribution is 5.87. The number of benzene rings is 1. The average Bonchev–Trinajstić information content (AvgIpc) is 3.66. The summed E-state index contributed by atoms with van der Waals surface area (Å²) in [7, 11) is 0. The van der Waals surface area contributed by atoms with Gasteiger partial charge in [0.05, 0.1) is 18.5 Å². The Bertz CT molecular complexity index is 1200. The van der Waals surface area contributed by atoms with Gasteiger partial charge in [0.25, 0.3) is 0 Å². The number of amides is 2. The standard InChI is InChI=1S/C34H49N5O5/c1-3-37-32(41)14-10-5-4-9-13-26-16-20-31(29(26)19-18-28(40)17-15-25-11-7-6-8-12-25)44-34(43)30(39-33(42)24(2)35)21-27-22-36-23-38-27/h4,6-9,11-12,18-19,22-24,26,28-31,40H,3,5,10,13-17,20-21,35H2,1-2H3,(H,36,38)(H,37,41)(H,39,42)/b9-4-,19-18+/t24?,26-,28-,29+,30?,31+/m0/s1. The number of nitrogens with one attached hydrogen (secondary N) is 3. The van der Waals surface area contributed by atoms with Crippen LogP contribution in [0, 0.1) is 11.8 Å². The lowest BCUT2D eigenvalue weighted by Gasteiger charge is -2.25. The number of aliphatic hydroxyl groups excluding tert-OH is 1. The summed E-state index contributed by atoms with van der Waals surface area (Å²) in [6.45, 7) is 4.11. The van der Waals surface area contributed by atoms with Crippen molar-refractivity contribution in [2.24, 2.45) is 17.6 Å². The van der Waals surface area contributed by atoms with E-state index in [4.69, 9.17) is 10.5 Å². The molecule has 1 heterocycles. The van der Waals surface area contributed by atoms with E-state index in [9.17, 15) is 19.5 Å². The number of carbonyl (C=O) groups is 3. The molecule has 0 spiro atoms. The summed E-state index contributed by atoms with van der Waals surface area (Å²) in [5, 5.41) is 16.3. The molecule has 6 N–H and O–H groups in total. The van der Waals surface area contributed by atoms with Crippen LogP contribution in [0.4, 0.5) is 0 Å². The van der Waals surface area contributed by atoms with E-state index in [2.05, 4.69) is 32.8 Å². The van der Waals surface area contributed by atoms with Gasteiger partial charge in [0.2, 0.25) is 11.8 Å². The number of aromatic amines is 1. The second kappa shape index (κ2) is 18.8. The van der Waals surface area contributed by atoms with Crippen LogP contribution in [0.15, 0.2) is 67.2 Å². The van der Waals surface area contributed by atoms with Crippen molar-refractivity contribution in [3.05, 3.63) is 78.4 Å². The van der Waals surface area contributed by atoms with E-state index in [0.717, 1.165) is 32.1 Å². The van der Waals surface area contributed by atoms with E-state index in [1.165, 1.54) is 11.9 Å². The van der Waals surface area contributed by atoms with Gasteiger partial charge >= 0.3 is 5.97 Å². The van der Waals surface area contributed by atoms with Gasteiger partial charge in [-0.1, -0.05) is 54.6 Å². The Kier molecular flexibility index (Phi) is 14.8. The molecule has 0 radical (unpaired) electrons. The number of allylic oxidation sites excluding steroid dienone is 2. The van der Waals surface area contributed by atoms with Gasteiger partial charge in [-0.05, 0) is 70.3 Å². The van der Waals surface area contributed by atoms with Gasteiger partial charge < -0.3 is 31.2 Å². The highest BCUT2D eigenvalue weighted by atomic mass is 16.5. The zero-order valence-electron chi connectivity index (χ0n) is 26.0. The zero-order chi connectivity index (χ0) is 31.7. The molecule has 6 atom stereocenters. The Morgan fingerprint density at radius 2 is 2.00 bits per heavy atom. The minimum absolute atomic E-state index is 0.0697. The largest absolute Gasteiger partial charge is 0.460 e. The van der Waals surface area contributed by atoms with Crippen LogP contribution >= 0.6 is 0 Å². The number of carbonyl (C=O) groups excluding carboxylic acids is 3. The highest BCUT2D eigenvalue weighted by Crippen LogP contribution is 2.38. The molecule has 10 heteroatoms. The minimum atomic E-state index is -0.918. The van der Waals surface area contributed by atoms with Crippen LogP contribution in [0.5, 0.6) is 0 Å². The van der Waals surface area contributed by atoms with E-state index >= 15 is 0 Å². The minimum Gasteiger partial charge on any atom is -0.460 e. The van der Waals surface area contributed by atoms with Gasteiger partial charge in [-0.15, -0.1) is 0 Å². The summed E-state index contributed by atoms with van der Waals surface area (Å²) >= 11 is 0. The number of ether oxygens (including phenoxy) is 1. The van der Waals surface area contributed by atoms with E-state index in [-0.39, 0.29) is 24.2 Å². The molecule has 0 bridgehead atoms. The van der Waals surface area contributed by atoms with Gasteiger partial charge in [-0.3, -0.25) is 9.59 Å². The molecule has 1 aliphatic carbocycles. The molecule has 2 unspecified atom stereocenters. The number of aliphatic hydroxyl groups is 1. The summed E-state index contributed by atoms with van der Waals surface area (Å²) in [6, 6.07) is 8.35. The van der Waals surface area contributed by atoms with Crippen LogP contribution in [0.2, 0.25) is 0 Å². The molecule has 2 amide bonds. The molecule has 1 aromatic heterocycles. The zero-order valence-corrected chi connectivity index (χ0v) is 26.0. The number of H-pyrrole nitrogens is 1. The second-order valence-corrected chi connectivity index (χ2v) is 11.6. The summed E-state index contributed by atoms with van der Waals surface area (Å²) in [4.78, 5) is 44.5. The quantitative estimate of drug-likeness (QED) is 0.0985. The van der Waals surface area contributed by atoms with Gasteiger partial charge in [0.15, 0.2) is 0 Å². The monoisotopic (exact) mass is 607 g/mol. The number of nitrogens with two attached hydrogens (primary N) is 1. The molecule has 240 valence electrons. The topological polar surface area (TPSA) is 159 Å². The SMILES string of the molecule is CCNC(=O)CCC/C=C\C[C@H]1CC[C@@H](OC(=O)C(Cc2cnc[nH]2)NC(=O)C(C)N)[C@@H]1/C=C/[C@@H](O)CCc1ccccc1. The Morgan fingerprint density at radius 1 is 1.20 bits per heavy atom. The molecule has 0 aliphatic heterocycles. The summed E-state index contributed by atoms with van der Waals surface area (Å²) in [5.74, 6) is -0.772. The molecular formula is C34H49N5O5. The maximum Gasteiger partial charge on any atom is 0.329 e. The Labute approximate surface area is 260 Å². The molecule has 3 rings (SSSR count). The number of hydrogen-bond donors (Lipinski definition) is 5. The van der Waals surface area contributed by atoms with Crippen molar-refractivity contribution >= 4 is 17.8 Å². The van der Waals surface area contributed by atoms with Crippen molar-refractivity contribution in [3.63, 3.8) is 0 Å². The number of imidazole rings is 1. The molecule has 2 aromatic rings. The number of rotatable bonds is 18. The van der Waals surface area contributed by atoms with Crippen LogP contribution in [0.1, 0.15) is 70.1 Å². The van der Waals surface area contributed by atoms with Crippen LogP contribution in [-0.2, 0) is 32.0 Å². The maximum atomic E-state index is 13.4. The van der Waals surface area contributed by atoms with E-state index in [0.29, 0.717) is 31.5 Å². The van der Waals surface area contributed by atoms with Crippen molar-refractivity contribution in [1.82, 2.24) is 20.6 Å². The van der Waals surface area contributed by atoms with Crippen molar-refractivity contribution in [2.45, 2.75) is 95.9 Å². The first-order valence-corrected chi connectivity index (χ1v) is 15.8. The fourth-order valence-corrected chi connectivity index (χ4v) is 5.47. The number of aromatic nitrogens is 2. The fourth-order valence-electron chi connectivity index (χ4n) is 5.47. The molecular weight excluding hydrogens is 558 g/mol.